The van der Waals surface area contributed by atoms with Crippen LogP contribution in [0.25, 0.3) is 11.4 Å². The minimum Gasteiger partial charge on any atom is -0.342 e. The highest BCUT2D eigenvalue weighted by Gasteiger charge is 2.26. The van der Waals surface area contributed by atoms with Crippen LogP contribution in [-0.2, 0) is 4.79 Å². The van der Waals surface area contributed by atoms with E-state index in [0.717, 1.165) is 55.3 Å². The van der Waals surface area contributed by atoms with Crippen molar-refractivity contribution >= 4 is 40.9 Å². The van der Waals surface area contributed by atoms with Gasteiger partial charge in [-0.2, -0.15) is 0 Å². The van der Waals surface area contributed by atoms with Crippen molar-refractivity contribution in [2.24, 2.45) is 0 Å². The molecule has 2 aliphatic rings. The maximum absolute atomic E-state index is 12.6. The standard InChI is InChI=1S/C21H26Cl2N4OS/c22-15-9-10-17(18(23)13-15)20-24-25-21(27(20)16-7-3-1-4-8-16)29-14-19(28)26-11-5-2-6-12-26/h9-10,13,16H,1-8,11-12,14H2. The molecular formula is C21H26Cl2N4OS. The molecule has 1 aliphatic heterocycles. The largest absolute Gasteiger partial charge is 0.342 e. The Hall–Kier alpha value is -1.24. The molecule has 4 rings (SSSR count). The number of halogens is 2. The second-order valence-electron chi connectivity index (χ2n) is 7.82. The van der Waals surface area contributed by atoms with Gasteiger partial charge in [0.1, 0.15) is 0 Å². The van der Waals surface area contributed by atoms with Crippen LogP contribution < -0.4 is 0 Å². The number of piperidine rings is 1. The molecule has 1 aromatic carbocycles. The molecule has 156 valence electrons. The van der Waals surface area contributed by atoms with Crippen LogP contribution >= 0.6 is 35.0 Å². The second kappa shape index (κ2) is 9.71. The van der Waals surface area contributed by atoms with Gasteiger partial charge in [-0.25, -0.2) is 0 Å². The Bertz CT molecular complexity index is 860. The van der Waals surface area contributed by atoms with E-state index in [4.69, 9.17) is 23.2 Å². The van der Waals surface area contributed by atoms with Crippen molar-refractivity contribution in [3.05, 3.63) is 28.2 Å². The highest BCUT2D eigenvalue weighted by atomic mass is 35.5. The van der Waals surface area contributed by atoms with Crippen molar-refractivity contribution in [1.29, 1.82) is 0 Å². The number of hydrogen-bond donors (Lipinski definition) is 0. The zero-order chi connectivity index (χ0) is 20.2. The number of likely N-dealkylation sites (tertiary alicyclic amines) is 1. The Labute approximate surface area is 186 Å². The minimum atomic E-state index is 0.193. The third-order valence-corrected chi connectivity index (χ3v) is 7.29. The van der Waals surface area contributed by atoms with Gasteiger partial charge in [-0.3, -0.25) is 9.36 Å². The second-order valence-corrected chi connectivity index (χ2v) is 9.61. The summed E-state index contributed by atoms with van der Waals surface area (Å²) in [5.41, 5.74) is 0.836. The highest BCUT2D eigenvalue weighted by molar-refractivity contribution is 7.99. The maximum atomic E-state index is 12.6. The quantitative estimate of drug-likeness (QED) is 0.532. The minimum absolute atomic E-state index is 0.193. The van der Waals surface area contributed by atoms with Crippen molar-refractivity contribution in [3.8, 4) is 11.4 Å². The van der Waals surface area contributed by atoms with Gasteiger partial charge in [0.15, 0.2) is 11.0 Å². The fourth-order valence-electron chi connectivity index (χ4n) is 4.26. The third-order valence-electron chi connectivity index (χ3n) is 5.81. The molecule has 5 nitrogen and oxygen atoms in total. The lowest BCUT2D eigenvalue weighted by Crippen LogP contribution is -2.36. The number of carbonyl (C=O) groups excluding carboxylic acids is 1. The lowest BCUT2D eigenvalue weighted by Gasteiger charge is -2.27. The van der Waals surface area contributed by atoms with Gasteiger partial charge in [0.25, 0.3) is 0 Å². The van der Waals surface area contributed by atoms with E-state index in [1.165, 1.54) is 37.4 Å². The summed E-state index contributed by atoms with van der Waals surface area (Å²) in [4.78, 5) is 14.6. The van der Waals surface area contributed by atoms with Crippen LogP contribution in [0.3, 0.4) is 0 Å². The number of thioether (sulfide) groups is 1. The van der Waals surface area contributed by atoms with Crippen molar-refractivity contribution in [2.75, 3.05) is 18.8 Å². The van der Waals surface area contributed by atoms with E-state index in [2.05, 4.69) is 14.8 Å². The first-order chi connectivity index (χ1) is 14.1. The molecule has 2 fully saturated rings. The first-order valence-electron chi connectivity index (χ1n) is 10.4. The lowest BCUT2D eigenvalue weighted by atomic mass is 9.95. The molecule has 2 aromatic rings. The van der Waals surface area contributed by atoms with E-state index in [0.29, 0.717) is 21.8 Å². The van der Waals surface area contributed by atoms with Crippen molar-refractivity contribution in [1.82, 2.24) is 19.7 Å². The smallest absolute Gasteiger partial charge is 0.233 e. The van der Waals surface area contributed by atoms with Crippen LogP contribution in [0.2, 0.25) is 10.0 Å². The molecule has 0 N–H and O–H groups in total. The average Bonchev–Trinajstić information content (AvgIpc) is 3.17. The topological polar surface area (TPSA) is 51.0 Å². The van der Waals surface area contributed by atoms with Gasteiger partial charge in [0.05, 0.1) is 10.8 Å². The molecule has 1 aromatic heterocycles. The Morgan fingerprint density at radius 1 is 1.03 bits per heavy atom. The number of rotatable bonds is 5. The third kappa shape index (κ3) is 4.92. The van der Waals surface area contributed by atoms with Crippen LogP contribution in [0.4, 0.5) is 0 Å². The van der Waals surface area contributed by atoms with Gasteiger partial charge in [-0.05, 0) is 50.3 Å². The Kier molecular flexibility index (Phi) is 7.04. The van der Waals surface area contributed by atoms with Gasteiger partial charge < -0.3 is 4.90 Å². The van der Waals surface area contributed by atoms with Crippen molar-refractivity contribution in [3.63, 3.8) is 0 Å². The molecule has 0 unspecified atom stereocenters. The summed E-state index contributed by atoms with van der Waals surface area (Å²) in [6, 6.07) is 5.81. The molecule has 1 saturated heterocycles. The molecular weight excluding hydrogens is 427 g/mol. The normalized spacial score (nSPS) is 18.2. The van der Waals surface area contributed by atoms with Crippen LogP contribution in [0.1, 0.15) is 57.4 Å². The molecule has 2 heterocycles. The number of amides is 1. The fraction of sp³-hybridized carbons (Fsp3) is 0.571. The summed E-state index contributed by atoms with van der Waals surface area (Å²) in [7, 11) is 0. The van der Waals surface area contributed by atoms with Crippen LogP contribution in [0.5, 0.6) is 0 Å². The maximum Gasteiger partial charge on any atom is 0.233 e. The van der Waals surface area contributed by atoms with Crippen LogP contribution in [0, 0.1) is 0 Å². The molecule has 0 radical (unpaired) electrons. The summed E-state index contributed by atoms with van der Waals surface area (Å²) >= 11 is 14.1. The van der Waals surface area contributed by atoms with Crippen LogP contribution in [-0.4, -0.2) is 44.4 Å². The number of hydrogen-bond acceptors (Lipinski definition) is 4. The van der Waals surface area contributed by atoms with Gasteiger partial charge in [0.2, 0.25) is 5.91 Å². The Morgan fingerprint density at radius 3 is 2.48 bits per heavy atom. The summed E-state index contributed by atoms with van der Waals surface area (Å²) in [6.45, 7) is 1.75. The zero-order valence-corrected chi connectivity index (χ0v) is 18.8. The first-order valence-corrected chi connectivity index (χ1v) is 12.2. The lowest BCUT2D eigenvalue weighted by molar-refractivity contribution is -0.129. The van der Waals surface area contributed by atoms with Gasteiger partial charge in [0, 0.05) is 29.7 Å². The molecule has 1 aliphatic carbocycles. The molecule has 29 heavy (non-hydrogen) atoms. The molecule has 0 bridgehead atoms. The fourth-order valence-corrected chi connectivity index (χ4v) is 5.66. The van der Waals surface area contributed by atoms with Crippen molar-refractivity contribution < 1.29 is 4.79 Å². The summed E-state index contributed by atoms with van der Waals surface area (Å²) in [5.74, 6) is 1.37. The molecule has 0 spiro atoms. The Morgan fingerprint density at radius 2 is 1.76 bits per heavy atom. The summed E-state index contributed by atoms with van der Waals surface area (Å²) < 4.78 is 2.21. The molecule has 1 amide bonds. The molecule has 0 atom stereocenters. The predicted octanol–water partition coefficient (Wildman–Crippen LogP) is 5.86. The number of carbonyl (C=O) groups is 1. The van der Waals surface area contributed by atoms with E-state index in [1.54, 1.807) is 6.07 Å². The van der Waals surface area contributed by atoms with Crippen LogP contribution in [0.15, 0.2) is 23.4 Å². The van der Waals surface area contributed by atoms with E-state index in [1.807, 2.05) is 17.0 Å². The van der Waals surface area contributed by atoms with E-state index >= 15 is 0 Å². The number of aromatic nitrogens is 3. The summed E-state index contributed by atoms with van der Waals surface area (Å²) in [6.07, 6.45) is 9.31. The van der Waals surface area contributed by atoms with E-state index in [-0.39, 0.29) is 5.91 Å². The molecule has 1 saturated carbocycles. The van der Waals surface area contributed by atoms with E-state index < -0.39 is 0 Å². The SMILES string of the molecule is O=C(CSc1nnc(-c2ccc(Cl)cc2Cl)n1C1CCCCC1)N1CCCCC1. The van der Waals surface area contributed by atoms with Gasteiger partial charge >= 0.3 is 0 Å². The highest BCUT2D eigenvalue weighted by Crippen LogP contribution is 2.38. The molecule has 8 heteroatoms. The number of benzene rings is 1. The Balaban J connectivity index is 1.59. The van der Waals surface area contributed by atoms with E-state index in [9.17, 15) is 4.79 Å². The first kappa shape index (κ1) is 21.0. The van der Waals surface area contributed by atoms with Gasteiger partial charge in [-0.1, -0.05) is 54.2 Å². The predicted molar refractivity (Wildman–Crippen MR) is 119 cm³/mol. The zero-order valence-electron chi connectivity index (χ0n) is 16.4. The number of nitrogens with zero attached hydrogens (tertiary/aromatic N) is 4. The van der Waals surface area contributed by atoms with Crippen molar-refractivity contribution in [2.45, 2.75) is 62.6 Å². The monoisotopic (exact) mass is 452 g/mol. The average molecular weight is 453 g/mol. The summed E-state index contributed by atoms with van der Waals surface area (Å²) in [5, 5.41) is 10.9. The van der Waals surface area contributed by atoms with Gasteiger partial charge in [-0.15, -0.1) is 10.2 Å².